The lowest BCUT2D eigenvalue weighted by Crippen LogP contribution is -2.26. The Labute approximate surface area is 112 Å². The van der Waals surface area contributed by atoms with Gasteiger partial charge < -0.3 is 10.6 Å². The van der Waals surface area contributed by atoms with Crippen molar-refractivity contribution in [1.29, 1.82) is 0 Å². The van der Waals surface area contributed by atoms with Crippen LogP contribution in [0.1, 0.15) is 5.69 Å². The number of nitrogens with one attached hydrogen (secondary N) is 2. The van der Waals surface area contributed by atoms with Gasteiger partial charge in [-0.25, -0.2) is 0 Å². The van der Waals surface area contributed by atoms with Gasteiger partial charge in [0.25, 0.3) is 0 Å². The van der Waals surface area contributed by atoms with E-state index >= 15 is 0 Å². The molecule has 1 aromatic heterocycles. The number of benzene rings is 1. The summed E-state index contributed by atoms with van der Waals surface area (Å²) < 4.78 is 1.91. The smallest absolute Gasteiger partial charge is 0.196 e. The minimum Gasteiger partial charge on any atom is -0.354 e. The Bertz CT molecular complexity index is 612. The van der Waals surface area contributed by atoms with Gasteiger partial charge in [0.2, 0.25) is 0 Å². The van der Waals surface area contributed by atoms with Crippen LogP contribution in [0, 0.1) is 6.92 Å². The van der Waals surface area contributed by atoms with Crippen LogP contribution in [0.15, 0.2) is 35.3 Å². The minimum atomic E-state index is 0.822. The molecular formula is C14H17N5. The summed E-state index contributed by atoms with van der Waals surface area (Å²) in [6.07, 6.45) is 0. The summed E-state index contributed by atoms with van der Waals surface area (Å²) in [5, 5.41) is 11.1. The first-order valence-electron chi connectivity index (χ1n) is 6.40. The van der Waals surface area contributed by atoms with E-state index in [4.69, 9.17) is 0 Å². The van der Waals surface area contributed by atoms with Crippen molar-refractivity contribution in [3.63, 3.8) is 0 Å². The number of guanidine groups is 1. The lowest BCUT2D eigenvalue weighted by atomic mass is 10.1. The predicted molar refractivity (Wildman–Crippen MR) is 77.3 cm³/mol. The molecule has 3 rings (SSSR count). The van der Waals surface area contributed by atoms with E-state index < -0.39 is 0 Å². The van der Waals surface area contributed by atoms with Crippen LogP contribution in [0.3, 0.4) is 0 Å². The molecule has 0 unspecified atom stereocenters. The van der Waals surface area contributed by atoms with Crippen molar-refractivity contribution in [2.75, 3.05) is 18.4 Å². The van der Waals surface area contributed by atoms with E-state index in [0.29, 0.717) is 0 Å². The van der Waals surface area contributed by atoms with Crippen molar-refractivity contribution in [2.24, 2.45) is 12.0 Å². The van der Waals surface area contributed by atoms with Gasteiger partial charge in [-0.3, -0.25) is 9.67 Å². The largest absolute Gasteiger partial charge is 0.354 e. The van der Waals surface area contributed by atoms with Gasteiger partial charge >= 0.3 is 0 Å². The highest BCUT2D eigenvalue weighted by molar-refractivity contribution is 5.98. The molecule has 19 heavy (non-hydrogen) atoms. The number of rotatable bonds is 2. The maximum Gasteiger partial charge on any atom is 0.196 e. The Hall–Kier alpha value is -2.30. The number of aromatic nitrogens is 2. The van der Waals surface area contributed by atoms with Gasteiger partial charge in [0.1, 0.15) is 0 Å². The molecule has 5 heteroatoms. The van der Waals surface area contributed by atoms with Gasteiger partial charge in [-0.05, 0) is 6.92 Å². The van der Waals surface area contributed by atoms with E-state index in [2.05, 4.69) is 32.9 Å². The first kappa shape index (κ1) is 11.8. The third kappa shape index (κ3) is 2.19. The highest BCUT2D eigenvalue weighted by atomic mass is 15.3. The van der Waals surface area contributed by atoms with Crippen LogP contribution in [0.2, 0.25) is 0 Å². The van der Waals surface area contributed by atoms with Crippen molar-refractivity contribution >= 4 is 11.6 Å². The molecule has 0 aliphatic carbocycles. The molecule has 2 aromatic rings. The van der Waals surface area contributed by atoms with Gasteiger partial charge in [0.05, 0.1) is 23.6 Å². The highest BCUT2D eigenvalue weighted by Gasteiger charge is 2.17. The fourth-order valence-corrected chi connectivity index (χ4v) is 2.34. The number of hydrogen-bond donors (Lipinski definition) is 2. The van der Waals surface area contributed by atoms with E-state index in [-0.39, 0.29) is 0 Å². The van der Waals surface area contributed by atoms with Crippen molar-refractivity contribution < 1.29 is 0 Å². The molecule has 98 valence electrons. The summed E-state index contributed by atoms with van der Waals surface area (Å²) >= 11 is 0. The van der Waals surface area contributed by atoms with E-state index in [1.54, 1.807) is 0 Å². The first-order chi connectivity index (χ1) is 9.25. The van der Waals surface area contributed by atoms with Gasteiger partial charge in [0.15, 0.2) is 5.96 Å². The van der Waals surface area contributed by atoms with Crippen LogP contribution in [0.25, 0.3) is 11.3 Å². The van der Waals surface area contributed by atoms with E-state index in [1.165, 1.54) is 0 Å². The second kappa shape index (κ2) is 4.76. The van der Waals surface area contributed by atoms with E-state index in [0.717, 1.165) is 41.7 Å². The van der Waals surface area contributed by atoms with Crippen LogP contribution < -0.4 is 10.6 Å². The van der Waals surface area contributed by atoms with Gasteiger partial charge in [0, 0.05) is 19.2 Å². The molecule has 5 nitrogen and oxygen atoms in total. The Morgan fingerprint density at radius 2 is 2.05 bits per heavy atom. The molecule has 0 atom stereocenters. The second-order valence-corrected chi connectivity index (χ2v) is 4.58. The number of aliphatic imine (C=N–C) groups is 1. The topological polar surface area (TPSA) is 54.2 Å². The number of anilines is 1. The number of aryl methyl sites for hydroxylation is 2. The fourth-order valence-electron chi connectivity index (χ4n) is 2.34. The number of hydrogen-bond acceptors (Lipinski definition) is 4. The molecule has 0 fully saturated rings. The molecule has 1 aliphatic heterocycles. The maximum absolute atomic E-state index is 4.50. The van der Waals surface area contributed by atoms with Gasteiger partial charge in [-0.15, -0.1) is 0 Å². The molecular weight excluding hydrogens is 238 g/mol. The molecule has 1 aromatic carbocycles. The molecule has 0 saturated carbocycles. The molecule has 0 spiro atoms. The Morgan fingerprint density at radius 3 is 2.74 bits per heavy atom. The molecule has 0 saturated heterocycles. The Kier molecular flexibility index (Phi) is 2.95. The van der Waals surface area contributed by atoms with Crippen molar-refractivity contribution in [3.8, 4) is 11.3 Å². The highest BCUT2D eigenvalue weighted by Crippen LogP contribution is 2.30. The second-order valence-electron chi connectivity index (χ2n) is 4.58. The minimum absolute atomic E-state index is 0.822. The molecule has 2 heterocycles. The van der Waals surface area contributed by atoms with Crippen LogP contribution in [-0.2, 0) is 7.05 Å². The maximum atomic E-state index is 4.50. The summed E-state index contributed by atoms with van der Waals surface area (Å²) in [7, 11) is 1.96. The SMILES string of the molecule is Cc1nn(C)c(-c2ccccc2)c1NC1=NCCN1. The Morgan fingerprint density at radius 1 is 1.26 bits per heavy atom. The molecule has 1 aliphatic rings. The predicted octanol–water partition coefficient (Wildman–Crippen LogP) is 1.77. The van der Waals surface area contributed by atoms with Crippen LogP contribution in [0.4, 0.5) is 5.69 Å². The van der Waals surface area contributed by atoms with Crippen LogP contribution in [-0.4, -0.2) is 28.8 Å². The van der Waals surface area contributed by atoms with Crippen LogP contribution in [0.5, 0.6) is 0 Å². The van der Waals surface area contributed by atoms with Crippen LogP contribution >= 0.6 is 0 Å². The van der Waals surface area contributed by atoms with E-state index in [9.17, 15) is 0 Å². The van der Waals surface area contributed by atoms with Crippen molar-refractivity contribution in [1.82, 2.24) is 15.1 Å². The number of nitrogens with zero attached hydrogens (tertiary/aromatic N) is 3. The quantitative estimate of drug-likeness (QED) is 0.860. The monoisotopic (exact) mass is 255 g/mol. The molecule has 0 bridgehead atoms. The van der Waals surface area contributed by atoms with Crippen molar-refractivity contribution in [3.05, 3.63) is 36.0 Å². The summed E-state index contributed by atoms with van der Waals surface area (Å²) in [4.78, 5) is 4.37. The zero-order valence-electron chi connectivity index (χ0n) is 11.1. The van der Waals surface area contributed by atoms with Gasteiger partial charge in [-0.2, -0.15) is 5.10 Å². The zero-order valence-corrected chi connectivity index (χ0v) is 11.1. The standard InChI is InChI=1S/C14H17N5/c1-10-12(17-14-15-8-9-16-14)13(19(2)18-10)11-6-4-3-5-7-11/h3-7H,8-9H2,1-2H3,(H2,15,16,17). The lowest BCUT2D eigenvalue weighted by Gasteiger charge is -2.09. The van der Waals surface area contributed by atoms with Gasteiger partial charge in [-0.1, -0.05) is 30.3 Å². The molecule has 0 amide bonds. The fraction of sp³-hybridized carbons (Fsp3) is 0.286. The first-order valence-corrected chi connectivity index (χ1v) is 6.40. The average molecular weight is 255 g/mol. The summed E-state index contributed by atoms with van der Waals surface area (Å²) in [5.41, 5.74) is 4.21. The third-order valence-electron chi connectivity index (χ3n) is 3.19. The summed E-state index contributed by atoms with van der Waals surface area (Å²) in [6, 6.07) is 10.3. The summed E-state index contributed by atoms with van der Waals surface area (Å²) in [6.45, 7) is 3.72. The third-order valence-corrected chi connectivity index (χ3v) is 3.19. The average Bonchev–Trinajstić information content (AvgIpc) is 3.00. The normalized spacial score (nSPS) is 14.1. The zero-order chi connectivity index (χ0) is 13.2. The Balaban J connectivity index is 2.03. The molecule has 2 N–H and O–H groups in total. The van der Waals surface area contributed by atoms with Crippen molar-refractivity contribution in [2.45, 2.75) is 6.92 Å². The summed E-state index contributed by atoms with van der Waals surface area (Å²) in [5.74, 6) is 0.827. The molecule has 0 radical (unpaired) electrons. The lowest BCUT2D eigenvalue weighted by molar-refractivity contribution is 0.764. The van der Waals surface area contributed by atoms with E-state index in [1.807, 2.05) is 36.9 Å².